The van der Waals surface area contributed by atoms with Crippen molar-refractivity contribution in [3.05, 3.63) is 21.7 Å². The minimum absolute atomic E-state index is 0.0441. The van der Waals surface area contributed by atoms with Gasteiger partial charge in [0, 0.05) is 24.1 Å². The van der Waals surface area contributed by atoms with Crippen molar-refractivity contribution >= 4 is 35.1 Å². The molecular formula is C31H48N2O6S. The molecule has 0 saturated carbocycles. The molecule has 1 aromatic rings. The van der Waals surface area contributed by atoms with Crippen molar-refractivity contribution < 1.29 is 29.3 Å². The van der Waals surface area contributed by atoms with Gasteiger partial charge in [-0.2, -0.15) is 0 Å². The number of aryl methyl sites for hydroxylation is 1. The van der Waals surface area contributed by atoms with Gasteiger partial charge in [0.2, 0.25) is 5.91 Å². The molecule has 8 nitrogen and oxygen atoms in total. The van der Waals surface area contributed by atoms with Gasteiger partial charge >= 0.3 is 5.97 Å². The van der Waals surface area contributed by atoms with E-state index < -0.39 is 35.6 Å². The van der Waals surface area contributed by atoms with Crippen LogP contribution in [0, 0.1) is 30.1 Å². The highest BCUT2D eigenvalue weighted by molar-refractivity contribution is 7.09. The van der Waals surface area contributed by atoms with Gasteiger partial charge in [0.1, 0.15) is 11.9 Å². The number of hydrogen-bond donors (Lipinski definition) is 2. The number of carbonyl (C=O) groups is 3. The molecule has 2 N–H and O–H groups in total. The maximum atomic E-state index is 13.3. The van der Waals surface area contributed by atoms with Gasteiger partial charge in [-0.25, -0.2) is 4.98 Å². The monoisotopic (exact) mass is 576 g/mol. The zero-order valence-corrected chi connectivity index (χ0v) is 26.2. The van der Waals surface area contributed by atoms with Gasteiger partial charge in [0.05, 0.1) is 46.8 Å². The fourth-order valence-corrected chi connectivity index (χ4v) is 6.49. The lowest BCUT2D eigenvalue weighted by Crippen LogP contribution is -2.45. The number of aliphatic hydroxyl groups is 2. The second-order valence-electron chi connectivity index (χ2n) is 12.9. The highest BCUT2D eigenvalue weighted by Gasteiger charge is 2.51. The number of nitrogens with zero attached hydrogens (tertiary/aromatic N) is 2. The molecule has 2 saturated heterocycles. The Balaban J connectivity index is 1.93. The number of ketones is 1. The van der Waals surface area contributed by atoms with Crippen LogP contribution >= 0.6 is 11.3 Å². The van der Waals surface area contributed by atoms with Gasteiger partial charge in [0.25, 0.3) is 0 Å². The molecule has 1 aromatic heterocycles. The Bertz CT molecular complexity index is 1100. The third kappa shape index (κ3) is 7.79. The lowest BCUT2D eigenvalue weighted by molar-refractivity contribution is -0.154. The van der Waals surface area contributed by atoms with Crippen LogP contribution in [0.15, 0.2) is 11.0 Å². The Morgan fingerprint density at radius 1 is 1.23 bits per heavy atom. The molecular weight excluding hydrogens is 528 g/mol. The van der Waals surface area contributed by atoms with Crippen LogP contribution in [-0.2, 0) is 19.1 Å². The first-order valence-corrected chi connectivity index (χ1v) is 15.5. The first-order valence-electron chi connectivity index (χ1n) is 14.6. The van der Waals surface area contributed by atoms with E-state index in [4.69, 9.17) is 4.74 Å². The average molecular weight is 577 g/mol. The third-order valence-corrected chi connectivity index (χ3v) is 9.48. The number of fused-ring (bicyclic) bond motifs is 1. The van der Waals surface area contributed by atoms with Crippen molar-refractivity contribution in [2.24, 2.45) is 23.2 Å². The SMILES string of the molecule is CC(=Cc1csc(C)n1)[C@H]1C[C@H]2[C@H](CCC[C@@H](C)[C@@H](O)[C@H](C)C(=O)C(C)(C)[C@H](O)CC(=O)O1)N2C(=O)CC(C)C. The summed E-state index contributed by atoms with van der Waals surface area (Å²) in [7, 11) is 0. The van der Waals surface area contributed by atoms with Crippen molar-refractivity contribution in [3.8, 4) is 0 Å². The summed E-state index contributed by atoms with van der Waals surface area (Å²) in [5, 5.41) is 24.8. The first kappa shape index (κ1) is 32.4. The number of rotatable bonds is 4. The molecule has 0 unspecified atom stereocenters. The Morgan fingerprint density at radius 2 is 1.90 bits per heavy atom. The molecule has 0 aliphatic carbocycles. The van der Waals surface area contributed by atoms with Gasteiger partial charge in [0.15, 0.2) is 0 Å². The maximum Gasteiger partial charge on any atom is 0.309 e. The summed E-state index contributed by atoms with van der Waals surface area (Å²) in [6, 6.07) is -0.0119. The number of cyclic esters (lactones) is 1. The van der Waals surface area contributed by atoms with Crippen LogP contribution in [0.4, 0.5) is 0 Å². The van der Waals surface area contributed by atoms with E-state index in [1.165, 1.54) is 0 Å². The van der Waals surface area contributed by atoms with Crippen LogP contribution in [0.2, 0.25) is 0 Å². The second-order valence-corrected chi connectivity index (χ2v) is 14.0. The van der Waals surface area contributed by atoms with Gasteiger partial charge in [-0.15, -0.1) is 11.3 Å². The number of esters is 1. The topological polar surface area (TPSA) is 117 Å². The Labute approximate surface area is 243 Å². The number of aromatic nitrogens is 1. The van der Waals surface area contributed by atoms with Crippen LogP contribution < -0.4 is 0 Å². The van der Waals surface area contributed by atoms with E-state index in [0.29, 0.717) is 12.8 Å². The molecule has 0 spiro atoms. The number of thiazole rings is 1. The molecule has 7 atom stereocenters. The minimum Gasteiger partial charge on any atom is -0.458 e. The van der Waals surface area contributed by atoms with E-state index in [1.807, 2.05) is 51.0 Å². The lowest BCUT2D eigenvalue weighted by atomic mass is 9.73. The maximum absolute atomic E-state index is 13.3. The zero-order valence-electron chi connectivity index (χ0n) is 25.3. The van der Waals surface area contributed by atoms with Crippen molar-refractivity contribution in [3.63, 3.8) is 0 Å². The number of carbonyl (C=O) groups excluding carboxylic acids is 3. The normalized spacial score (nSPS) is 32.5. The number of hydrogen-bond acceptors (Lipinski definition) is 8. The summed E-state index contributed by atoms with van der Waals surface area (Å²) in [6.45, 7) is 14.7. The highest BCUT2D eigenvalue weighted by Crippen LogP contribution is 2.40. The molecule has 9 heteroatoms. The molecule has 2 fully saturated rings. The van der Waals surface area contributed by atoms with Gasteiger partial charge < -0.3 is 19.8 Å². The number of ether oxygens (including phenoxy) is 1. The van der Waals surface area contributed by atoms with E-state index in [2.05, 4.69) is 4.98 Å². The van der Waals surface area contributed by atoms with Gasteiger partial charge in [-0.1, -0.05) is 48.0 Å². The van der Waals surface area contributed by atoms with Crippen LogP contribution in [0.3, 0.4) is 0 Å². The quantitative estimate of drug-likeness (QED) is 0.385. The van der Waals surface area contributed by atoms with E-state index in [1.54, 1.807) is 32.1 Å². The van der Waals surface area contributed by atoms with Crippen molar-refractivity contribution in [1.82, 2.24) is 9.88 Å². The molecule has 224 valence electrons. The van der Waals surface area contributed by atoms with Crippen LogP contribution in [0.1, 0.15) is 97.7 Å². The van der Waals surface area contributed by atoms with Gasteiger partial charge in [-0.05, 0) is 50.2 Å². The van der Waals surface area contributed by atoms with Crippen LogP contribution in [0.5, 0.6) is 0 Å². The first-order chi connectivity index (χ1) is 18.6. The van der Waals surface area contributed by atoms with E-state index in [9.17, 15) is 24.6 Å². The summed E-state index contributed by atoms with van der Waals surface area (Å²) < 4.78 is 5.97. The predicted octanol–water partition coefficient (Wildman–Crippen LogP) is 4.95. The molecule has 40 heavy (non-hydrogen) atoms. The van der Waals surface area contributed by atoms with Crippen molar-refractivity contribution in [2.75, 3.05) is 0 Å². The third-order valence-electron chi connectivity index (χ3n) is 8.69. The predicted molar refractivity (Wildman–Crippen MR) is 156 cm³/mol. The van der Waals surface area contributed by atoms with E-state index in [-0.39, 0.29) is 42.0 Å². The van der Waals surface area contributed by atoms with Crippen molar-refractivity contribution in [2.45, 2.75) is 124 Å². The molecule has 3 rings (SSSR count). The number of amides is 1. The van der Waals surface area contributed by atoms with Gasteiger partial charge in [-0.3, -0.25) is 14.4 Å². The Kier molecular flexibility index (Phi) is 10.7. The highest BCUT2D eigenvalue weighted by atomic mass is 32.1. The minimum atomic E-state index is -1.27. The Hall–Kier alpha value is -2.10. The molecule has 2 aliphatic rings. The molecule has 0 bridgehead atoms. The summed E-state index contributed by atoms with van der Waals surface area (Å²) in [4.78, 5) is 46.1. The van der Waals surface area contributed by atoms with Crippen molar-refractivity contribution in [1.29, 1.82) is 0 Å². The number of aliphatic hydroxyl groups excluding tert-OH is 2. The Morgan fingerprint density at radius 3 is 2.50 bits per heavy atom. The lowest BCUT2D eigenvalue weighted by Gasteiger charge is -2.34. The smallest absolute Gasteiger partial charge is 0.309 e. The molecule has 3 heterocycles. The molecule has 2 aliphatic heterocycles. The van der Waals surface area contributed by atoms with E-state index in [0.717, 1.165) is 35.5 Å². The summed E-state index contributed by atoms with van der Waals surface area (Å²) in [6.07, 6.45) is 2.05. The fraction of sp³-hybridized carbons (Fsp3) is 0.742. The summed E-state index contributed by atoms with van der Waals surface area (Å²) in [5.41, 5.74) is 0.365. The number of Topliss-reactive ketones (excluding diaryl/α,β-unsaturated/α-hetero) is 1. The fourth-order valence-electron chi connectivity index (χ4n) is 5.92. The zero-order chi connectivity index (χ0) is 29.9. The van der Waals surface area contributed by atoms with E-state index >= 15 is 0 Å². The molecule has 0 aromatic carbocycles. The summed E-state index contributed by atoms with van der Waals surface area (Å²) >= 11 is 1.54. The largest absolute Gasteiger partial charge is 0.458 e. The second kappa shape index (κ2) is 13.3. The molecule has 1 amide bonds. The van der Waals surface area contributed by atoms with Crippen LogP contribution in [-0.4, -0.2) is 68.2 Å². The average Bonchev–Trinajstić information content (AvgIpc) is 3.39. The standard InChI is InChI=1S/C31H48N2O6S/c1-17(2)12-27(35)33-23-11-9-10-18(3)29(37)20(5)30(38)31(7,8)26(34)15-28(36)39-25(14-24(23)33)19(4)13-22-16-40-21(6)32-22/h13,16-18,20,23-26,29,34,37H,9-12,14-15H2,1-8H3/t18-,20+,23+,24+,25-,26-,29-,33?/m1/s1. The van der Waals surface area contributed by atoms with Crippen LogP contribution in [0.25, 0.3) is 6.08 Å². The summed E-state index contributed by atoms with van der Waals surface area (Å²) in [5.74, 6) is -1.36. The molecule has 0 radical (unpaired) electrons.